The number of amides is 1. The van der Waals surface area contributed by atoms with Gasteiger partial charge in [-0.2, -0.15) is 23.4 Å². The van der Waals surface area contributed by atoms with Crippen LogP contribution in [0, 0.1) is 5.82 Å². The highest BCUT2D eigenvalue weighted by Crippen LogP contribution is 2.33. The number of alkyl halides is 3. The summed E-state index contributed by atoms with van der Waals surface area (Å²) in [6.07, 6.45) is -1.43. The first kappa shape index (κ1) is 30.8. The van der Waals surface area contributed by atoms with Crippen LogP contribution in [0.4, 0.5) is 23.5 Å². The summed E-state index contributed by atoms with van der Waals surface area (Å²) in [7, 11) is 1.51. The van der Waals surface area contributed by atoms with Gasteiger partial charge in [-0.15, -0.1) is 0 Å². The average molecular weight is 619 g/mol. The number of anilines is 1. The fraction of sp³-hybridized carbons (Fsp3) is 0.429. The number of halogens is 4. The van der Waals surface area contributed by atoms with E-state index in [4.69, 9.17) is 9.47 Å². The third kappa shape index (κ3) is 6.79. The van der Waals surface area contributed by atoms with Gasteiger partial charge < -0.3 is 19.3 Å². The van der Waals surface area contributed by atoms with Crippen LogP contribution in [0.25, 0.3) is 10.9 Å². The number of benzene rings is 1. The quantitative estimate of drug-likeness (QED) is 0.195. The van der Waals surface area contributed by atoms with Crippen LogP contribution in [0.2, 0.25) is 0 Å². The highest BCUT2D eigenvalue weighted by Gasteiger charge is 2.39. The number of hydrogen-bond acceptors (Lipinski definition) is 9. The molecule has 5 rings (SSSR count). The molecule has 1 saturated heterocycles. The van der Waals surface area contributed by atoms with Crippen LogP contribution in [0.15, 0.2) is 47.7 Å². The molecule has 1 amide bonds. The second-order valence-electron chi connectivity index (χ2n) is 10.2. The van der Waals surface area contributed by atoms with Crippen molar-refractivity contribution < 1.29 is 31.8 Å². The Labute approximate surface area is 248 Å². The summed E-state index contributed by atoms with van der Waals surface area (Å²) in [5.74, 6) is 0.326. The lowest BCUT2D eigenvalue weighted by Crippen LogP contribution is -2.49. The maximum absolute atomic E-state index is 14.0. The smallest absolute Gasteiger partial charge is 0.435 e. The minimum atomic E-state index is -4.87. The largest absolute Gasteiger partial charge is 0.497 e. The molecule has 234 valence electrons. The van der Waals surface area contributed by atoms with E-state index in [2.05, 4.69) is 20.2 Å². The predicted octanol–water partition coefficient (Wildman–Crippen LogP) is 2.91. The Morgan fingerprint density at radius 2 is 1.73 bits per heavy atom. The molecule has 0 bridgehead atoms. The van der Waals surface area contributed by atoms with E-state index in [9.17, 15) is 27.2 Å². The van der Waals surface area contributed by atoms with Gasteiger partial charge in [-0.05, 0) is 24.6 Å². The van der Waals surface area contributed by atoms with Crippen LogP contribution in [-0.2, 0) is 22.3 Å². The summed E-state index contributed by atoms with van der Waals surface area (Å²) in [6, 6.07) is 6.05. The highest BCUT2D eigenvalue weighted by atomic mass is 19.4. The first-order valence-electron chi connectivity index (χ1n) is 13.8. The maximum atomic E-state index is 14.0. The lowest BCUT2D eigenvalue weighted by molar-refractivity contribution is -0.140. The summed E-state index contributed by atoms with van der Waals surface area (Å²) >= 11 is 0. The van der Waals surface area contributed by atoms with Crippen molar-refractivity contribution in [3.8, 4) is 5.75 Å². The number of fused-ring (bicyclic) bond motifs is 1. The van der Waals surface area contributed by atoms with Crippen molar-refractivity contribution >= 4 is 22.8 Å². The number of ether oxygens (including phenoxy) is 2. The first-order chi connectivity index (χ1) is 21.0. The van der Waals surface area contributed by atoms with Crippen molar-refractivity contribution in [2.24, 2.45) is 0 Å². The van der Waals surface area contributed by atoms with Gasteiger partial charge in [0.15, 0.2) is 11.5 Å². The van der Waals surface area contributed by atoms with Crippen molar-refractivity contribution in [1.29, 1.82) is 0 Å². The third-order valence-electron chi connectivity index (χ3n) is 7.23. The summed E-state index contributed by atoms with van der Waals surface area (Å²) in [6.45, 7) is 3.39. The fourth-order valence-electron chi connectivity index (χ4n) is 4.91. The summed E-state index contributed by atoms with van der Waals surface area (Å²) in [5.41, 5.74) is -1.62. The molecule has 4 aromatic rings. The van der Waals surface area contributed by atoms with E-state index in [0.29, 0.717) is 43.4 Å². The lowest BCUT2D eigenvalue weighted by Gasteiger charge is -2.34. The van der Waals surface area contributed by atoms with Gasteiger partial charge in [-0.25, -0.2) is 19.0 Å². The topological polar surface area (TPSA) is 120 Å². The molecule has 1 atom stereocenters. The third-order valence-corrected chi connectivity index (χ3v) is 7.23. The van der Waals surface area contributed by atoms with Gasteiger partial charge in [-0.3, -0.25) is 14.3 Å². The molecule has 1 unspecified atom stereocenters. The Morgan fingerprint density at radius 1 is 1.05 bits per heavy atom. The van der Waals surface area contributed by atoms with Crippen molar-refractivity contribution in [2.75, 3.05) is 51.4 Å². The number of rotatable bonds is 10. The first-order valence-corrected chi connectivity index (χ1v) is 13.8. The minimum Gasteiger partial charge on any atom is -0.497 e. The maximum Gasteiger partial charge on any atom is 0.435 e. The van der Waals surface area contributed by atoms with Crippen molar-refractivity contribution in [2.45, 2.75) is 32.1 Å². The predicted molar refractivity (Wildman–Crippen MR) is 150 cm³/mol. The van der Waals surface area contributed by atoms with Crippen molar-refractivity contribution in [3.05, 3.63) is 70.3 Å². The van der Waals surface area contributed by atoms with E-state index in [1.807, 2.05) is 4.90 Å². The van der Waals surface area contributed by atoms with Gasteiger partial charge in [0.25, 0.3) is 5.56 Å². The molecule has 0 radical (unpaired) electrons. The highest BCUT2D eigenvalue weighted by molar-refractivity contribution is 5.81. The molecule has 12 nitrogen and oxygen atoms in total. The molecule has 1 aliphatic heterocycles. The number of carbonyl (C=O) groups excluding carboxylic acids is 1. The van der Waals surface area contributed by atoms with Gasteiger partial charge in [0.1, 0.15) is 11.1 Å². The summed E-state index contributed by atoms with van der Waals surface area (Å²) < 4.78 is 67.8. The Kier molecular flexibility index (Phi) is 9.08. The zero-order valence-electron chi connectivity index (χ0n) is 24.0. The van der Waals surface area contributed by atoms with Gasteiger partial charge in [0.2, 0.25) is 11.9 Å². The molecule has 0 saturated carbocycles. The van der Waals surface area contributed by atoms with Crippen LogP contribution in [0.1, 0.15) is 30.6 Å². The molecule has 4 heterocycles. The van der Waals surface area contributed by atoms with Crippen LogP contribution in [0.5, 0.6) is 5.75 Å². The van der Waals surface area contributed by atoms with E-state index in [1.54, 1.807) is 36.1 Å². The fourth-order valence-corrected chi connectivity index (χ4v) is 4.91. The molecule has 3 aromatic heterocycles. The molecule has 0 spiro atoms. The van der Waals surface area contributed by atoms with E-state index in [0.717, 1.165) is 21.8 Å². The van der Waals surface area contributed by atoms with E-state index < -0.39 is 34.7 Å². The van der Waals surface area contributed by atoms with E-state index >= 15 is 0 Å². The Hall–Kier alpha value is -4.60. The van der Waals surface area contributed by atoms with Crippen molar-refractivity contribution in [3.63, 3.8) is 0 Å². The standard InChI is InChI=1S/C28H30F4N8O4/c1-18(17-44-12-7-23(41)37-8-10-38(11-9-37)27-33-13-20(29)14-34-27)40-22-15-35-39(16-19-3-5-21(43-2)6-4-19)26(42)24(22)25(36-40)28(30,31)32/h3-6,13-15,18H,7-12,16-17H2,1-2H3. The summed E-state index contributed by atoms with van der Waals surface area (Å²) in [5, 5.41) is 7.28. The number of nitrogens with zero attached hydrogens (tertiary/aromatic N) is 8. The molecule has 16 heteroatoms. The molecule has 1 aliphatic rings. The van der Waals surface area contributed by atoms with Gasteiger partial charge in [0, 0.05) is 26.2 Å². The van der Waals surface area contributed by atoms with Crippen LogP contribution in [0.3, 0.4) is 0 Å². The van der Waals surface area contributed by atoms with Crippen LogP contribution >= 0.6 is 0 Å². The lowest BCUT2D eigenvalue weighted by atomic mass is 10.2. The SMILES string of the molecule is COc1ccc(Cn2ncc3c(c(C(F)(F)F)nn3C(C)COCCC(=O)N3CCN(c4ncc(F)cn4)CC3)c2=O)cc1. The number of piperazine rings is 1. The molecule has 44 heavy (non-hydrogen) atoms. The zero-order chi connectivity index (χ0) is 31.4. The minimum absolute atomic E-state index is 0.0387. The number of aromatic nitrogens is 6. The molecular formula is C28H30F4N8O4. The van der Waals surface area contributed by atoms with E-state index in [1.165, 1.54) is 13.3 Å². The zero-order valence-corrected chi connectivity index (χ0v) is 24.0. The second-order valence-corrected chi connectivity index (χ2v) is 10.2. The Morgan fingerprint density at radius 3 is 2.36 bits per heavy atom. The molecule has 0 N–H and O–H groups in total. The van der Waals surface area contributed by atoms with Crippen LogP contribution in [-0.4, -0.2) is 86.8 Å². The Bertz CT molecular complexity index is 1650. The molecular weight excluding hydrogens is 588 g/mol. The van der Waals surface area contributed by atoms with Gasteiger partial charge in [-0.1, -0.05) is 12.1 Å². The molecule has 0 aliphatic carbocycles. The van der Waals surface area contributed by atoms with Gasteiger partial charge >= 0.3 is 6.18 Å². The van der Waals surface area contributed by atoms with Crippen LogP contribution < -0.4 is 15.2 Å². The number of hydrogen-bond donors (Lipinski definition) is 0. The Balaban J connectivity index is 1.19. The second kappa shape index (κ2) is 13.0. The average Bonchev–Trinajstić information content (AvgIpc) is 3.43. The number of carbonyl (C=O) groups is 1. The van der Waals surface area contributed by atoms with Gasteiger partial charge in [0.05, 0.1) is 63.4 Å². The molecule has 1 fully saturated rings. The van der Waals surface area contributed by atoms with Crippen molar-refractivity contribution in [1.82, 2.24) is 34.4 Å². The summed E-state index contributed by atoms with van der Waals surface area (Å²) in [4.78, 5) is 37.3. The molecule has 1 aromatic carbocycles. The monoisotopic (exact) mass is 618 g/mol. The normalized spacial score (nSPS) is 14.7. The van der Waals surface area contributed by atoms with E-state index in [-0.39, 0.29) is 37.6 Å². The number of methoxy groups -OCH3 is 1.